The molecule has 0 N–H and O–H groups in total. The van der Waals surface area contributed by atoms with E-state index in [2.05, 4.69) is 4.98 Å². The quantitative estimate of drug-likeness (QED) is 0.790. The van der Waals surface area contributed by atoms with Crippen molar-refractivity contribution < 1.29 is 9.47 Å². The summed E-state index contributed by atoms with van der Waals surface area (Å²) in [5.41, 5.74) is 3.14. The minimum atomic E-state index is -0.201. The summed E-state index contributed by atoms with van der Waals surface area (Å²) in [4.78, 5) is 4.31. The summed E-state index contributed by atoms with van der Waals surface area (Å²) < 4.78 is 10.9. The molecule has 2 aromatic rings. The first-order valence-corrected chi connectivity index (χ1v) is 5.68. The van der Waals surface area contributed by atoms with Crippen LogP contribution in [0.25, 0.3) is 11.3 Å². The Labute approximate surface area is 100 Å². The minimum absolute atomic E-state index is 0.201. The summed E-state index contributed by atoms with van der Waals surface area (Å²) in [6, 6.07) is 14.0. The van der Waals surface area contributed by atoms with Crippen molar-refractivity contribution in [2.75, 3.05) is 13.2 Å². The van der Waals surface area contributed by atoms with Crippen LogP contribution in [0.4, 0.5) is 0 Å². The van der Waals surface area contributed by atoms with Gasteiger partial charge < -0.3 is 9.47 Å². The Morgan fingerprint density at radius 1 is 0.941 bits per heavy atom. The van der Waals surface area contributed by atoms with Crippen LogP contribution in [0.3, 0.4) is 0 Å². The summed E-state index contributed by atoms with van der Waals surface area (Å²) in [5.74, 6) is 0. The Morgan fingerprint density at radius 3 is 2.35 bits per heavy atom. The Hall–Kier alpha value is -1.71. The van der Waals surface area contributed by atoms with Crippen molar-refractivity contribution in [3.05, 3.63) is 54.2 Å². The minimum Gasteiger partial charge on any atom is -0.346 e. The standard InChI is InChI=1S/C14H13NO2/c1-2-8-15-13(3-1)11-4-6-12(7-5-11)14-16-9-10-17-14/h1-8,14H,9-10H2. The Balaban J connectivity index is 1.85. The molecule has 0 bridgehead atoms. The van der Waals surface area contributed by atoms with Crippen molar-refractivity contribution in [3.63, 3.8) is 0 Å². The zero-order valence-corrected chi connectivity index (χ0v) is 9.37. The number of rotatable bonds is 2. The number of aromatic nitrogens is 1. The molecule has 2 heterocycles. The van der Waals surface area contributed by atoms with Gasteiger partial charge in [-0.3, -0.25) is 4.98 Å². The van der Waals surface area contributed by atoms with Crippen LogP contribution in [0.1, 0.15) is 11.9 Å². The van der Waals surface area contributed by atoms with E-state index < -0.39 is 0 Å². The molecule has 1 fully saturated rings. The van der Waals surface area contributed by atoms with E-state index >= 15 is 0 Å². The average molecular weight is 227 g/mol. The predicted octanol–water partition coefficient (Wildman–Crippen LogP) is 2.79. The van der Waals surface area contributed by atoms with Crippen LogP contribution in [0, 0.1) is 0 Å². The molecule has 0 radical (unpaired) electrons. The fraction of sp³-hybridized carbons (Fsp3) is 0.214. The molecule has 0 unspecified atom stereocenters. The Morgan fingerprint density at radius 2 is 1.71 bits per heavy atom. The van der Waals surface area contributed by atoms with Gasteiger partial charge in [-0.1, -0.05) is 30.3 Å². The number of hydrogen-bond donors (Lipinski definition) is 0. The number of hydrogen-bond acceptors (Lipinski definition) is 3. The van der Waals surface area contributed by atoms with E-state index in [1.165, 1.54) is 0 Å². The van der Waals surface area contributed by atoms with Gasteiger partial charge in [0, 0.05) is 17.3 Å². The fourth-order valence-corrected chi connectivity index (χ4v) is 1.90. The highest BCUT2D eigenvalue weighted by atomic mass is 16.7. The van der Waals surface area contributed by atoms with Crippen LogP contribution in [-0.4, -0.2) is 18.2 Å². The molecule has 1 aromatic carbocycles. The van der Waals surface area contributed by atoms with Crippen molar-refractivity contribution in [2.24, 2.45) is 0 Å². The summed E-state index contributed by atoms with van der Waals surface area (Å²) in [7, 11) is 0. The normalized spacial score (nSPS) is 16.2. The lowest BCUT2D eigenvalue weighted by Gasteiger charge is -2.09. The van der Waals surface area contributed by atoms with E-state index in [1.54, 1.807) is 6.20 Å². The Bertz CT molecular complexity index is 475. The molecule has 0 spiro atoms. The van der Waals surface area contributed by atoms with Crippen LogP contribution in [0.5, 0.6) is 0 Å². The van der Waals surface area contributed by atoms with E-state index in [4.69, 9.17) is 9.47 Å². The fourth-order valence-electron chi connectivity index (χ4n) is 1.90. The monoisotopic (exact) mass is 227 g/mol. The SMILES string of the molecule is c1ccc(-c2ccc(C3OCCO3)cc2)nc1. The van der Waals surface area contributed by atoms with Crippen LogP contribution < -0.4 is 0 Å². The Kier molecular flexibility index (Phi) is 2.86. The molecule has 0 atom stereocenters. The molecule has 1 saturated heterocycles. The van der Waals surface area contributed by atoms with Crippen LogP contribution >= 0.6 is 0 Å². The van der Waals surface area contributed by atoms with Crippen molar-refractivity contribution in [1.29, 1.82) is 0 Å². The molecule has 1 aromatic heterocycles. The van der Waals surface area contributed by atoms with Crippen molar-refractivity contribution in [3.8, 4) is 11.3 Å². The lowest BCUT2D eigenvalue weighted by atomic mass is 10.1. The second kappa shape index (κ2) is 4.65. The van der Waals surface area contributed by atoms with Crippen molar-refractivity contribution in [1.82, 2.24) is 4.98 Å². The van der Waals surface area contributed by atoms with E-state index in [1.807, 2.05) is 42.5 Å². The lowest BCUT2D eigenvalue weighted by Crippen LogP contribution is -1.97. The lowest BCUT2D eigenvalue weighted by molar-refractivity contribution is -0.0441. The number of nitrogens with zero attached hydrogens (tertiary/aromatic N) is 1. The highest BCUT2D eigenvalue weighted by molar-refractivity contribution is 5.59. The second-order valence-corrected chi connectivity index (χ2v) is 3.91. The van der Waals surface area contributed by atoms with Gasteiger partial charge in [-0.25, -0.2) is 0 Å². The van der Waals surface area contributed by atoms with Gasteiger partial charge in [0.2, 0.25) is 0 Å². The molecule has 0 saturated carbocycles. The van der Waals surface area contributed by atoms with Gasteiger partial charge in [0.25, 0.3) is 0 Å². The topological polar surface area (TPSA) is 31.4 Å². The van der Waals surface area contributed by atoms with E-state index in [0.717, 1.165) is 16.8 Å². The molecule has 3 heteroatoms. The third-order valence-electron chi connectivity index (χ3n) is 2.77. The largest absolute Gasteiger partial charge is 0.346 e. The third-order valence-corrected chi connectivity index (χ3v) is 2.77. The summed E-state index contributed by atoms with van der Waals surface area (Å²) >= 11 is 0. The molecule has 1 aliphatic heterocycles. The van der Waals surface area contributed by atoms with Crippen LogP contribution in [-0.2, 0) is 9.47 Å². The molecule has 17 heavy (non-hydrogen) atoms. The maximum Gasteiger partial charge on any atom is 0.184 e. The van der Waals surface area contributed by atoms with Gasteiger partial charge >= 0.3 is 0 Å². The zero-order valence-electron chi connectivity index (χ0n) is 9.37. The number of benzene rings is 1. The third kappa shape index (κ3) is 2.20. The van der Waals surface area contributed by atoms with Gasteiger partial charge in [0.05, 0.1) is 18.9 Å². The molecule has 86 valence electrons. The number of pyridine rings is 1. The molecule has 3 rings (SSSR count). The van der Waals surface area contributed by atoms with Gasteiger partial charge in [0.15, 0.2) is 6.29 Å². The maximum atomic E-state index is 5.45. The summed E-state index contributed by atoms with van der Waals surface area (Å²) in [5, 5.41) is 0. The first-order chi connectivity index (χ1) is 8.43. The highest BCUT2D eigenvalue weighted by Gasteiger charge is 2.17. The smallest absolute Gasteiger partial charge is 0.184 e. The van der Waals surface area contributed by atoms with Crippen molar-refractivity contribution in [2.45, 2.75) is 6.29 Å². The van der Waals surface area contributed by atoms with E-state index in [9.17, 15) is 0 Å². The number of ether oxygens (including phenoxy) is 2. The molecule has 0 aliphatic carbocycles. The van der Waals surface area contributed by atoms with Gasteiger partial charge in [-0.2, -0.15) is 0 Å². The molecule has 3 nitrogen and oxygen atoms in total. The predicted molar refractivity (Wildman–Crippen MR) is 64.3 cm³/mol. The molecular weight excluding hydrogens is 214 g/mol. The van der Waals surface area contributed by atoms with Gasteiger partial charge in [0.1, 0.15) is 0 Å². The second-order valence-electron chi connectivity index (χ2n) is 3.91. The van der Waals surface area contributed by atoms with Crippen LogP contribution in [0.15, 0.2) is 48.7 Å². The first-order valence-electron chi connectivity index (χ1n) is 5.68. The maximum absolute atomic E-state index is 5.45. The van der Waals surface area contributed by atoms with Crippen molar-refractivity contribution >= 4 is 0 Å². The molecule has 1 aliphatic rings. The van der Waals surface area contributed by atoms with Gasteiger partial charge in [-0.15, -0.1) is 0 Å². The zero-order chi connectivity index (χ0) is 11.5. The average Bonchev–Trinajstić information content (AvgIpc) is 2.94. The summed E-state index contributed by atoms with van der Waals surface area (Å²) in [6.45, 7) is 1.35. The van der Waals surface area contributed by atoms with E-state index in [0.29, 0.717) is 13.2 Å². The first kappa shape index (κ1) is 10.4. The summed E-state index contributed by atoms with van der Waals surface area (Å²) in [6.07, 6.45) is 1.60. The molecule has 0 amide bonds. The van der Waals surface area contributed by atoms with Crippen LogP contribution in [0.2, 0.25) is 0 Å². The van der Waals surface area contributed by atoms with E-state index in [-0.39, 0.29) is 6.29 Å². The highest BCUT2D eigenvalue weighted by Crippen LogP contribution is 2.25. The van der Waals surface area contributed by atoms with Gasteiger partial charge in [-0.05, 0) is 12.1 Å². The molecular formula is C14H13NO2.